The third-order valence-electron chi connectivity index (χ3n) is 3.38. The highest BCUT2D eigenvalue weighted by atomic mass is 32.1. The van der Waals surface area contributed by atoms with E-state index in [4.69, 9.17) is 0 Å². The van der Waals surface area contributed by atoms with Crippen molar-refractivity contribution in [1.29, 1.82) is 0 Å². The maximum Gasteiger partial charge on any atom is 0.0798 e. The minimum absolute atomic E-state index is 0.271. The van der Waals surface area contributed by atoms with Gasteiger partial charge in [-0.05, 0) is 44.9 Å². The quantitative estimate of drug-likeness (QED) is 0.885. The van der Waals surface area contributed by atoms with Gasteiger partial charge in [-0.2, -0.15) is 0 Å². The van der Waals surface area contributed by atoms with Crippen LogP contribution in [0.3, 0.4) is 0 Å². The summed E-state index contributed by atoms with van der Waals surface area (Å²) >= 11 is 1.74. The summed E-state index contributed by atoms with van der Waals surface area (Å²) in [5.74, 6) is 0. The van der Waals surface area contributed by atoms with Gasteiger partial charge in [-0.25, -0.2) is 4.98 Å². The smallest absolute Gasteiger partial charge is 0.0798 e. The number of nitrogens with zero attached hydrogens (tertiary/aromatic N) is 1. The van der Waals surface area contributed by atoms with Crippen LogP contribution in [0.4, 0.5) is 0 Å². The molecule has 1 atom stereocenters. The number of thiazole rings is 1. The number of benzene rings is 1. The molecule has 0 saturated carbocycles. The molecule has 2 aromatic rings. The molecule has 0 radical (unpaired) electrons. The molecule has 1 aromatic carbocycles. The number of hydrogen-bond acceptors (Lipinski definition) is 3. The SMILES string of the molecule is CCCNC(c1ccc(C)cc1C)c1scnc1C. The Morgan fingerprint density at radius 2 is 2.05 bits per heavy atom. The summed E-state index contributed by atoms with van der Waals surface area (Å²) in [5.41, 5.74) is 7.11. The van der Waals surface area contributed by atoms with Crippen LogP contribution in [-0.4, -0.2) is 11.5 Å². The van der Waals surface area contributed by atoms with Gasteiger partial charge in [-0.3, -0.25) is 0 Å². The highest BCUT2D eigenvalue weighted by molar-refractivity contribution is 7.09. The minimum atomic E-state index is 0.271. The van der Waals surface area contributed by atoms with Crippen LogP contribution < -0.4 is 5.32 Å². The Balaban J connectivity index is 2.40. The fourth-order valence-electron chi connectivity index (χ4n) is 2.37. The predicted octanol–water partition coefficient (Wildman–Crippen LogP) is 4.16. The second-order valence-corrected chi connectivity index (χ2v) is 5.94. The molecule has 0 aliphatic carbocycles. The van der Waals surface area contributed by atoms with E-state index in [9.17, 15) is 0 Å². The molecule has 3 heteroatoms. The van der Waals surface area contributed by atoms with Crippen LogP contribution in [0, 0.1) is 20.8 Å². The standard InChI is InChI=1S/C16H22N2S/c1-5-8-17-15(16-13(4)18-10-19-16)14-7-6-11(2)9-12(14)3/h6-7,9-10,15,17H,5,8H2,1-4H3. The highest BCUT2D eigenvalue weighted by Crippen LogP contribution is 2.30. The van der Waals surface area contributed by atoms with E-state index in [1.807, 2.05) is 5.51 Å². The lowest BCUT2D eigenvalue weighted by Gasteiger charge is -2.20. The van der Waals surface area contributed by atoms with E-state index < -0.39 is 0 Å². The predicted molar refractivity (Wildman–Crippen MR) is 82.9 cm³/mol. The maximum absolute atomic E-state index is 4.40. The van der Waals surface area contributed by atoms with Crippen LogP contribution in [0.1, 0.15) is 46.6 Å². The first-order valence-electron chi connectivity index (χ1n) is 6.84. The molecule has 2 rings (SSSR count). The summed E-state index contributed by atoms with van der Waals surface area (Å²) in [5, 5.41) is 3.66. The Morgan fingerprint density at radius 3 is 2.63 bits per heavy atom. The van der Waals surface area contributed by atoms with Crippen LogP contribution >= 0.6 is 11.3 Å². The zero-order chi connectivity index (χ0) is 13.8. The molecule has 0 bridgehead atoms. The van der Waals surface area contributed by atoms with Crippen molar-refractivity contribution in [3.63, 3.8) is 0 Å². The van der Waals surface area contributed by atoms with E-state index in [-0.39, 0.29) is 6.04 Å². The molecule has 1 N–H and O–H groups in total. The van der Waals surface area contributed by atoms with Crippen molar-refractivity contribution in [2.45, 2.75) is 40.2 Å². The fourth-order valence-corrected chi connectivity index (χ4v) is 3.26. The molecule has 0 fully saturated rings. The summed E-state index contributed by atoms with van der Waals surface area (Å²) in [6, 6.07) is 6.97. The summed E-state index contributed by atoms with van der Waals surface area (Å²) in [4.78, 5) is 5.73. The lowest BCUT2D eigenvalue weighted by Crippen LogP contribution is -2.23. The number of nitrogens with one attached hydrogen (secondary N) is 1. The van der Waals surface area contributed by atoms with Gasteiger partial charge >= 0.3 is 0 Å². The Kier molecular flexibility index (Phi) is 4.72. The van der Waals surface area contributed by atoms with E-state index in [1.165, 1.54) is 21.6 Å². The first-order chi connectivity index (χ1) is 9.13. The van der Waals surface area contributed by atoms with Gasteiger partial charge < -0.3 is 5.32 Å². The summed E-state index contributed by atoms with van der Waals surface area (Å²) in [7, 11) is 0. The molecule has 0 saturated heterocycles. The van der Waals surface area contributed by atoms with Gasteiger partial charge in [0.05, 0.1) is 17.2 Å². The summed E-state index contributed by atoms with van der Waals surface area (Å²) in [6.45, 7) is 9.65. The maximum atomic E-state index is 4.40. The van der Waals surface area contributed by atoms with Gasteiger partial charge in [0.25, 0.3) is 0 Å². The normalized spacial score (nSPS) is 12.6. The summed E-state index contributed by atoms with van der Waals surface area (Å²) < 4.78 is 0. The molecule has 19 heavy (non-hydrogen) atoms. The van der Waals surface area contributed by atoms with E-state index >= 15 is 0 Å². The van der Waals surface area contributed by atoms with Gasteiger partial charge in [0.2, 0.25) is 0 Å². The van der Waals surface area contributed by atoms with Crippen molar-refractivity contribution in [2.75, 3.05) is 6.54 Å². The average Bonchev–Trinajstić information content (AvgIpc) is 2.78. The van der Waals surface area contributed by atoms with Crippen molar-refractivity contribution in [3.05, 3.63) is 51.0 Å². The molecule has 0 amide bonds. The topological polar surface area (TPSA) is 24.9 Å². The summed E-state index contributed by atoms with van der Waals surface area (Å²) in [6.07, 6.45) is 1.14. The Bertz CT molecular complexity index is 545. The zero-order valence-corrected chi connectivity index (χ0v) is 13.0. The molecule has 0 aliphatic heterocycles. The molecular weight excluding hydrogens is 252 g/mol. The number of aromatic nitrogens is 1. The largest absolute Gasteiger partial charge is 0.306 e. The minimum Gasteiger partial charge on any atom is -0.306 e. The van der Waals surface area contributed by atoms with Crippen LogP contribution in [0.2, 0.25) is 0 Å². The van der Waals surface area contributed by atoms with Crippen molar-refractivity contribution in [3.8, 4) is 0 Å². The first-order valence-corrected chi connectivity index (χ1v) is 7.72. The molecule has 2 nitrogen and oxygen atoms in total. The molecule has 1 unspecified atom stereocenters. The van der Waals surface area contributed by atoms with E-state index in [1.54, 1.807) is 11.3 Å². The molecular formula is C16H22N2S. The molecule has 0 aliphatic rings. The second kappa shape index (κ2) is 6.31. The third kappa shape index (κ3) is 3.23. The van der Waals surface area contributed by atoms with Crippen molar-refractivity contribution in [1.82, 2.24) is 10.3 Å². The van der Waals surface area contributed by atoms with Gasteiger partial charge in [-0.1, -0.05) is 30.7 Å². The Labute approximate surface area is 119 Å². The number of aryl methyl sites for hydroxylation is 3. The zero-order valence-electron chi connectivity index (χ0n) is 12.2. The molecule has 1 heterocycles. The van der Waals surface area contributed by atoms with Gasteiger partial charge in [0, 0.05) is 4.88 Å². The molecule has 102 valence electrons. The lowest BCUT2D eigenvalue weighted by molar-refractivity contribution is 0.600. The van der Waals surface area contributed by atoms with Gasteiger partial charge in [-0.15, -0.1) is 11.3 Å². The van der Waals surface area contributed by atoms with Crippen LogP contribution in [0.5, 0.6) is 0 Å². The van der Waals surface area contributed by atoms with Crippen LogP contribution in [0.25, 0.3) is 0 Å². The van der Waals surface area contributed by atoms with E-state index in [2.05, 4.69) is 56.2 Å². The van der Waals surface area contributed by atoms with Gasteiger partial charge in [0.15, 0.2) is 0 Å². The van der Waals surface area contributed by atoms with E-state index in [0.29, 0.717) is 0 Å². The molecule has 1 aromatic heterocycles. The lowest BCUT2D eigenvalue weighted by atomic mass is 9.97. The van der Waals surface area contributed by atoms with Crippen LogP contribution in [-0.2, 0) is 0 Å². The first kappa shape index (κ1) is 14.2. The highest BCUT2D eigenvalue weighted by Gasteiger charge is 2.19. The Hall–Kier alpha value is -1.19. The Morgan fingerprint density at radius 1 is 1.26 bits per heavy atom. The third-order valence-corrected chi connectivity index (χ3v) is 4.38. The fraction of sp³-hybridized carbons (Fsp3) is 0.438. The number of rotatable bonds is 5. The molecule has 0 spiro atoms. The van der Waals surface area contributed by atoms with Crippen molar-refractivity contribution >= 4 is 11.3 Å². The van der Waals surface area contributed by atoms with Crippen molar-refractivity contribution in [2.24, 2.45) is 0 Å². The average molecular weight is 274 g/mol. The van der Waals surface area contributed by atoms with Crippen LogP contribution in [0.15, 0.2) is 23.7 Å². The monoisotopic (exact) mass is 274 g/mol. The van der Waals surface area contributed by atoms with Crippen molar-refractivity contribution < 1.29 is 0 Å². The number of hydrogen-bond donors (Lipinski definition) is 1. The second-order valence-electron chi connectivity index (χ2n) is 5.05. The van der Waals surface area contributed by atoms with Gasteiger partial charge in [0.1, 0.15) is 0 Å². The van der Waals surface area contributed by atoms with E-state index in [0.717, 1.165) is 18.7 Å².